The second-order valence-corrected chi connectivity index (χ2v) is 6.35. The molecule has 1 aromatic carbocycles. The first kappa shape index (κ1) is 13.8. The van der Waals surface area contributed by atoms with E-state index in [1.54, 1.807) is 0 Å². The molecular formula is C17H21NOS. The Morgan fingerprint density at radius 3 is 2.85 bits per heavy atom. The third-order valence-corrected chi connectivity index (χ3v) is 5.05. The van der Waals surface area contributed by atoms with Crippen LogP contribution in [-0.4, -0.2) is 11.1 Å². The van der Waals surface area contributed by atoms with Crippen LogP contribution in [0.15, 0.2) is 35.7 Å². The molecule has 0 spiro atoms. The molecule has 2 aromatic rings. The van der Waals surface area contributed by atoms with Crippen LogP contribution >= 0.6 is 11.3 Å². The molecule has 2 nitrogen and oxygen atoms in total. The second kappa shape index (κ2) is 6.51. The summed E-state index contributed by atoms with van der Waals surface area (Å²) in [6.07, 6.45) is 4.95. The number of aryl methyl sites for hydroxylation is 1. The molecule has 0 bridgehead atoms. The van der Waals surface area contributed by atoms with Gasteiger partial charge in [0, 0.05) is 11.3 Å². The van der Waals surface area contributed by atoms with Crippen LogP contribution in [-0.2, 0) is 17.8 Å². The number of hydrogen-bond donors (Lipinski definition) is 0. The molecule has 1 fully saturated rings. The van der Waals surface area contributed by atoms with Gasteiger partial charge in [0.25, 0.3) is 0 Å². The van der Waals surface area contributed by atoms with Crippen molar-refractivity contribution in [2.45, 2.75) is 51.2 Å². The lowest BCUT2D eigenvalue weighted by Gasteiger charge is -2.11. The first-order valence-electron chi connectivity index (χ1n) is 7.45. The molecular weight excluding hydrogens is 266 g/mol. The maximum atomic E-state index is 6.05. The Balaban J connectivity index is 1.52. The van der Waals surface area contributed by atoms with Crippen LogP contribution in [0.5, 0.6) is 0 Å². The average Bonchev–Trinajstić information content (AvgIpc) is 3.15. The van der Waals surface area contributed by atoms with Gasteiger partial charge in [0.05, 0.1) is 23.4 Å². The lowest BCUT2D eigenvalue weighted by atomic mass is 10.1. The average molecular weight is 287 g/mol. The molecule has 2 atom stereocenters. The van der Waals surface area contributed by atoms with Crippen molar-refractivity contribution in [2.24, 2.45) is 0 Å². The van der Waals surface area contributed by atoms with Crippen LogP contribution in [0, 0.1) is 0 Å². The quantitative estimate of drug-likeness (QED) is 0.804. The van der Waals surface area contributed by atoms with Crippen molar-refractivity contribution >= 4 is 11.3 Å². The van der Waals surface area contributed by atoms with Gasteiger partial charge in [0.1, 0.15) is 0 Å². The summed E-state index contributed by atoms with van der Waals surface area (Å²) in [7, 11) is 0. The molecule has 3 heteroatoms. The summed E-state index contributed by atoms with van der Waals surface area (Å²) in [6.45, 7) is 2.90. The van der Waals surface area contributed by atoms with E-state index < -0.39 is 0 Å². The van der Waals surface area contributed by atoms with Gasteiger partial charge in [0.2, 0.25) is 0 Å². The van der Waals surface area contributed by atoms with E-state index >= 15 is 0 Å². The number of benzene rings is 1. The number of hydrogen-bond acceptors (Lipinski definition) is 3. The summed E-state index contributed by atoms with van der Waals surface area (Å²) in [5.41, 5.74) is 2.50. The Hall–Kier alpha value is -1.19. The molecule has 0 aliphatic heterocycles. The zero-order valence-electron chi connectivity index (χ0n) is 11.9. The second-order valence-electron chi connectivity index (χ2n) is 5.46. The van der Waals surface area contributed by atoms with Crippen molar-refractivity contribution in [3.63, 3.8) is 0 Å². The molecule has 0 saturated heterocycles. The largest absolute Gasteiger partial charge is 0.374 e. The summed E-state index contributed by atoms with van der Waals surface area (Å²) < 4.78 is 6.05. The molecule has 1 aliphatic carbocycles. The minimum Gasteiger partial charge on any atom is -0.374 e. The fraction of sp³-hybridized carbons (Fsp3) is 0.471. The lowest BCUT2D eigenvalue weighted by Crippen LogP contribution is -2.08. The Bertz CT molecular complexity index is 537. The topological polar surface area (TPSA) is 22.1 Å². The molecule has 0 N–H and O–H groups in total. The van der Waals surface area contributed by atoms with Gasteiger partial charge < -0.3 is 4.74 Å². The van der Waals surface area contributed by atoms with Crippen LogP contribution in [0.25, 0.3) is 0 Å². The summed E-state index contributed by atoms with van der Waals surface area (Å²) >= 11 is 1.82. The predicted octanol–water partition coefficient (Wildman–Crippen LogP) is 4.56. The summed E-state index contributed by atoms with van der Waals surface area (Å²) in [6, 6.07) is 10.4. The summed E-state index contributed by atoms with van der Waals surface area (Å²) in [5.74, 6) is 0.612. The molecule has 20 heavy (non-hydrogen) atoms. The number of ether oxygens (including phenoxy) is 1. The van der Waals surface area contributed by atoms with Gasteiger partial charge >= 0.3 is 0 Å². The molecule has 0 radical (unpaired) electrons. The number of nitrogens with zero attached hydrogens (tertiary/aromatic N) is 1. The van der Waals surface area contributed by atoms with Crippen LogP contribution in [0.3, 0.4) is 0 Å². The number of thiazole rings is 1. The van der Waals surface area contributed by atoms with E-state index in [9.17, 15) is 0 Å². The third-order valence-electron chi connectivity index (χ3n) is 3.99. The van der Waals surface area contributed by atoms with Crippen LogP contribution < -0.4 is 0 Å². The van der Waals surface area contributed by atoms with Crippen LogP contribution in [0.4, 0.5) is 0 Å². The molecule has 1 heterocycles. The first-order chi connectivity index (χ1) is 9.85. The van der Waals surface area contributed by atoms with Crippen molar-refractivity contribution in [1.29, 1.82) is 0 Å². The maximum absolute atomic E-state index is 6.05. The van der Waals surface area contributed by atoms with E-state index in [1.807, 2.05) is 17.4 Å². The van der Waals surface area contributed by atoms with Crippen molar-refractivity contribution in [1.82, 2.24) is 4.98 Å². The standard InChI is InChI=1S/C17H21NOS/c1-2-15-12-20-17(18-15)14-8-9-16(10-14)19-11-13-6-4-3-5-7-13/h3-7,12,14,16H,2,8-11H2,1H3/t14-,16+/m0/s1. The highest BCUT2D eigenvalue weighted by Gasteiger charge is 2.28. The number of rotatable bonds is 5. The minimum atomic E-state index is 0.397. The van der Waals surface area contributed by atoms with Crippen LogP contribution in [0.2, 0.25) is 0 Å². The normalized spacial score (nSPS) is 22.2. The summed E-state index contributed by atoms with van der Waals surface area (Å²) in [5, 5.41) is 3.51. The van der Waals surface area contributed by atoms with Gasteiger partial charge in [-0.25, -0.2) is 4.98 Å². The van der Waals surface area contributed by atoms with Crippen molar-refractivity contribution < 1.29 is 4.74 Å². The molecule has 0 amide bonds. The SMILES string of the molecule is CCc1csc([C@H]2CC[C@@H](OCc3ccccc3)C2)n1. The van der Waals surface area contributed by atoms with Gasteiger partial charge in [0.15, 0.2) is 0 Å². The van der Waals surface area contributed by atoms with Gasteiger partial charge in [-0.2, -0.15) is 0 Å². The van der Waals surface area contributed by atoms with Crippen LogP contribution in [0.1, 0.15) is 48.4 Å². The van der Waals surface area contributed by atoms with E-state index in [0.29, 0.717) is 12.0 Å². The highest BCUT2D eigenvalue weighted by atomic mass is 32.1. The smallest absolute Gasteiger partial charge is 0.0960 e. The third kappa shape index (κ3) is 3.28. The van der Waals surface area contributed by atoms with E-state index in [4.69, 9.17) is 9.72 Å². The summed E-state index contributed by atoms with van der Waals surface area (Å²) in [4.78, 5) is 4.73. The fourth-order valence-corrected chi connectivity index (χ4v) is 3.83. The Morgan fingerprint density at radius 1 is 1.25 bits per heavy atom. The maximum Gasteiger partial charge on any atom is 0.0960 e. The van der Waals surface area contributed by atoms with Crippen molar-refractivity contribution in [2.75, 3.05) is 0 Å². The minimum absolute atomic E-state index is 0.397. The predicted molar refractivity (Wildman–Crippen MR) is 83.1 cm³/mol. The van der Waals surface area contributed by atoms with Gasteiger partial charge in [-0.1, -0.05) is 37.3 Å². The zero-order chi connectivity index (χ0) is 13.8. The van der Waals surface area contributed by atoms with Gasteiger partial charge in [-0.05, 0) is 31.2 Å². The van der Waals surface area contributed by atoms with Gasteiger partial charge in [-0.15, -0.1) is 11.3 Å². The molecule has 3 rings (SSSR count). The van der Waals surface area contributed by atoms with Gasteiger partial charge in [-0.3, -0.25) is 0 Å². The highest BCUT2D eigenvalue weighted by molar-refractivity contribution is 7.09. The Morgan fingerprint density at radius 2 is 2.10 bits per heavy atom. The monoisotopic (exact) mass is 287 g/mol. The zero-order valence-corrected chi connectivity index (χ0v) is 12.7. The van der Waals surface area contributed by atoms with Crippen molar-refractivity contribution in [3.8, 4) is 0 Å². The molecule has 1 saturated carbocycles. The molecule has 106 valence electrons. The molecule has 1 aliphatic rings. The Kier molecular flexibility index (Phi) is 4.48. The molecule has 0 unspecified atom stereocenters. The highest BCUT2D eigenvalue weighted by Crippen LogP contribution is 2.37. The first-order valence-corrected chi connectivity index (χ1v) is 8.33. The van der Waals surface area contributed by atoms with E-state index in [0.717, 1.165) is 19.4 Å². The fourth-order valence-electron chi connectivity index (χ4n) is 2.78. The lowest BCUT2D eigenvalue weighted by molar-refractivity contribution is 0.0447. The van der Waals surface area contributed by atoms with E-state index in [-0.39, 0.29) is 0 Å². The number of aromatic nitrogens is 1. The van der Waals surface area contributed by atoms with E-state index in [1.165, 1.54) is 29.1 Å². The van der Waals surface area contributed by atoms with Crippen molar-refractivity contribution in [3.05, 3.63) is 52.0 Å². The Labute approximate surface area is 124 Å². The molecule has 1 aromatic heterocycles. The van der Waals surface area contributed by atoms with E-state index in [2.05, 4.69) is 36.6 Å².